The third-order valence-electron chi connectivity index (χ3n) is 3.23. The number of ether oxygens (including phenoxy) is 1. The SMILES string of the molecule is CC[C@@H]1Oc2cc(C(=O)N=C(N)N)ccc2N(CC)C1=O.CS(=O)(=O)O. The molecule has 144 valence electrons. The quantitative estimate of drug-likeness (QED) is 0.374. The average molecular weight is 386 g/mol. The highest BCUT2D eigenvalue weighted by Gasteiger charge is 2.32. The zero-order valence-electron chi connectivity index (χ0n) is 14.7. The molecule has 0 fully saturated rings. The molecular weight excluding hydrogens is 364 g/mol. The summed E-state index contributed by atoms with van der Waals surface area (Å²) < 4.78 is 31.5. The molecule has 0 aromatic heterocycles. The number of hydrogen-bond donors (Lipinski definition) is 3. The van der Waals surface area contributed by atoms with Gasteiger partial charge in [0, 0.05) is 12.1 Å². The third kappa shape index (κ3) is 6.01. The van der Waals surface area contributed by atoms with Gasteiger partial charge in [0.1, 0.15) is 5.75 Å². The minimum Gasteiger partial charge on any atom is -0.478 e. The summed E-state index contributed by atoms with van der Waals surface area (Å²) >= 11 is 0. The van der Waals surface area contributed by atoms with E-state index in [-0.39, 0.29) is 11.9 Å². The Bertz CT molecular complexity index is 809. The van der Waals surface area contributed by atoms with Crippen LogP contribution in [0.2, 0.25) is 0 Å². The Morgan fingerprint density at radius 3 is 2.38 bits per heavy atom. The first kappa shape index (κ1) is 21.4. The number of hydrogen-bond acceptors (Lipinski definition) is 5. The molecule has 5 N–H and O–H groups in total. The maximum Gasteiger partial charge on any atom is 0.280 e. The van der Waals surface area contributed by atoms with Crippen LogP contribution >= 0.6 is 0 Å². The molecule has 0 saturated heterocycles. The number of nitrogens with zero attached hydrogens (tertiary/aromatic N) is 2. The lowest BCUT2D eigenvalue weighted by atomic mass is 10.1. The maximum absolute atomic E-state index is 12.2. The summed E-state index contributed by atoms with van der Waals surface area (Å²) in [6.45, 7) is 4.29. The van der Waals surface area contributed by atoms with Gasteiger partial charge in [-0.15, -0.1) is 0 Å². The molecule has 1 aromatic rings. The number of guanidine groups is 1. The van der Waals surface area contributed by atoms with Crippen molar-refractivity contribution in [3.05, 3.63) is 23.8 Å². The molecule has 0 bridgehead atoms. The number of anilines is 1. The summed E-state index contributed by atoms with van der Waals surface area (Å²) in [6, 6.07) is 4.79. The van der Waals surface area contributed by atoms with Gasteiger partial charge in [0.2, 0.25) is 0 Å². The Hall–Kier alpha value is -2.66. The van der Waals surface area contributed by atoms with Crippen LogP contribution in [0.3, 0.4) is 0 Å². The van der Waals surface area contributed by atoms with E-state index < -0.39 is 22.1 Å². The number of rotatable bonds is 3. The van der Waals surface area contributed by atoms with Crippen molar-refractivity contribution in [1.29, 1.82) is 0 Å². The van der Waals surface area contributed by atoms with Crippen LogP contribution in [0.5, 0.6) is 5.75 Å². The summed E-state index contributed by atoms with van der Waals surface area (Å²) in [5, 5.41) is 0. The zero-order valence-corrected chi connectivity index (χ0v) is 15.5. The lowest BCUT2D eigenvalue weighted by molar-refractivity contribution is -0.126. The van der Waals surface area contributed by atoms with Gasteiger partial charge in [-0.25, -0.2) is 0 Å². The normalized spacial score (nSPS) is 15.9. The molecule has 0 unspecified atom stereocenters. The first-order valence-electron chi connectivity index (χ1n) is 7.66. The van der Waals surface area contributed by atoms with E-state index in [1.54, 1.807) is 23.1 Å². The lowest BCUT2D eigenvalue weighted by Gasteiger charge is -2.33. The molecule has 1 aliphatic rings. The van der Waals surface area contributed by atoms with Gasteiger partial charge in [0.05, 0.1) is 11.9 Å². The van der Waals surface area contributed by atoms with Crippen molar-refractivity contribution in [2.24, 2.45) is 16.5 Å². The summed E-state index contributed by atoms with van der Waals surface area (Å²) in [5.74, 6) is -0.430. The predicted octanol–water partition coefficient (Wildman–Crippen LogP) is 0.128. The topological polar surface area (TPSA) is 165 Å². The molecule has 0 saturated carbocycles. The van der Waals surface area contributed by atoms with Crippen LogP contribution in [-0.4, -0.2) is 49.6 Å². The second-order valence-corrected chi connectivity index (χ2v) is 6.82. The Kier molecular flexibility index (Phi) is 7.10. The fourth-order valence-electron chi connectivity index (χ4n) is 2.23. The first-order valence-corrected chi connectivity index (χ1v) is 9.51. The van der Waals surface area contributed by atoms with Crippen molar-refractivity contribution in [3.63, 3.8) is 0 Å². The van der Waals surface area contributed by atoms with Gasteiger partial charge in [-0.2, -0.15) is 13.4 Å². The number of likely N-dealkylation sites (N-methyl/N-ethyl adjacent to an activating group) is 1. The molecule has 0 radical (unpaired) electrons. The average Bonchev–Trinajstić information content (AvgIpc) is 2.51. The molecule has 1 heterocycles. The molecule has 0 aliphatic carbocycles. The van der Waals surface area contributed by atoms with Crippen LogP contribution in [0.1, 0.15) is 30.6 Å². The van der Waals surface area contributed by atoms with Crippen LogP contribution < -0.4 is 21.1 Å². The monoisotopic (exact) mass is 386 g/mol. The van der Waals surface area contributed by atoms with Gasteiger partial charge in [0.25, 0.3) is 21.9 Å². The van der Waals surface area contributed by atoms with E-state index in [2.05, 4.69) is 4.99 Å². The first-order chi connectivity index (χ1) is 12.0. The van der Waals surface area contributed by atoms with Crippen LogP contribution in [0.25, 0.3) is 0 Å². The molecule has 10 nitrogen and oxygen atoms in total. The Balaban J connectivity index is 0.000000597. The van der Waals surface area contributed by atoms with Crippen LogP contribution in [0.15, 0.2) is 23.2 Å². The molecule has 1 aliphatic heterocycles. The number of carbonyl (C=O) groups is 2. The molecule has 26 heavy (non-hydrogen) atoms. The highest BCUT2D eigenvalue weighted by molar-refractivity contribution is 7.85. The summed E-state index contributed by atoms with van der Waals surface area (Å²) in [6.07, 6.45) is 0.735. The van der Waals surface area contributed by atoms with Gasteiger partial charge >= 0.3 is 0 Å². The fourth-order valence-corrected chi connectivity index (χ4v) is 2.23. The highest BCUT2D eigenvalue weighted by atomic mass is 32.2. The molecule has 1 aromatic carbocycles. The van der Waals surface area contributed by atoms with Crippen molar-refractivity contribution in [1.82, 2.24) is 0 Å². The predicted molar refractivity (Wildman–Crippen MR) is 96.8 cm³/mol. The second-order valence-electron chi connectivity index (χ2n) is 5.35. The largest absolute Gasteiger partial charge is 0.478 e. The maximum atomic E-state index is 12.2. The Morgan fingerprint density at radius 2 is 1.92 bits per heavy atom. The van der Waals surface area contributed by atoms with E-state index in [0.717, 1.165) is 0 Å². The van der Waals surface area contributed by atoms with Gasteiger partial charge in [0.15, 0.2) is 12.1 Å². The standard InChI is InChI=1S/C14H18N4O3.CH4O3S/c1-3-10-13(20)18(4-2)9-6-5-8(7-11(9)21-10)12(19)17-14(15)16;1-5(2,3)4/h5-7,10H,3-4H2,1-2H3,(H4,15,16,17,19);1H3,(H,2,3,4)/t10-;/m0./s1. The van der Waals surface area contributed by atoms with Crippen molar-refractivity contribution in [2.75, 3.05) is 17.7 Å². The zero-order chi connectivity index (χ0) is 20.1. The van der Waals surface area contributed by atoms with Crippen molar-refractivity contribution >= 4 is 33.6 Å². The molecule has 0 spiro atoms. The summed E-state index contributed by atoms with van der Waals surface area (Å²) in [7, 11) is -3.67. The highest BCUT2D eigenvalue weighted by Crippen LogP contribution is 2.35. The Morgan fingerprint density at radius 1 is 1.35 bits per heavy atom. The van der Waals surface area contributed by atoms with E-state index in [4.69, 9.17) is 20.8 Å². The summed E-state index contributed by atoms with van der Waals surface area (Å²) in [5.41, 5.74) is 11.3. The molecular formula is C15H22N4O6S. The second kappa shape index (κ2) is 8.63. The van der Waals surface area contributed by atoms with Crippen molar-refractivity contribution in [3.8, 4) is 5.75 Å². The van der Waals surface area contributed by atoms with Gasteiger partial charge in [-0.1, -0.05) is 6.92 Å². The number of benzene rings is 1. The lowest BCUT2D eigenvalue weighted by Crippen LogP contribution is -2.45. The molecule has 2 amide bonds. The van der Waals surface area contributed by atoms with Gasteiger partial charge in [-0.3, -0.25) is 14.1 Å². The smallest absolute Gasteiger partial charge is 0.280 e. The Labute approximate surface area is 151 Å². The van der Waals surface area contributed by atoms with Crippen molar-refractivity contribution < 1.29 is 27.3 Å². The third-order valence-corrected chi connectivity index (χ3v) is 3.23. The van der Waals surface area contributed by atoms with Gasteiger partial charge < -0.3 is 21.1 Å². The van der Waals surface area contributed by atoms with E-state index >= 15 is 0 Å². The van der Waals surface area contributed by atoms with E-state index in [1.807, 2.05) is 13.8 Å². The number of nitrogens with two attached hydrogens (primary N) is 2. The minimum absolute atomic E-state index is 0.0733. The number of amides is 2. The molecule has 11 heteroatoms. The van der Waals surface area contributed by atoms with E-state index in [1.165, 1.54) is 0 Å². The summed E-state index contributed by atoms with van der Waals surface area (Å²) in [4.78, 5) is 29.1. The van der Waals surface area contributed by atoms with Crippen LogP contribution in [0, 0.1) is 0 Å². The van der Waals surface area contributed by atoms with E-state index in [0.29, 0.717) is 36.2 Å². The van der Waals surface area contributed by atoms with Crippen LogP contribution in [0.4, 0.5) is 5.69 Å². The van der Waals surface area contributed by atoms with E-state index in [9.17, 15) is 18.0 Å². The minimum atomic E-state index is -3.67. The molecule has 2 rings (SSSR count). The number of carbonyl (C=O) groups excluding carboxylic acids is 2. The number of fused-ring (bicyclic) bond motifs is 1. The van der Waals surface area contributed by atoms with Crippen molar-refractivity contribution in [2.45, 2.75) is 26.4 Å². The number of aliphatic imine (C=N–C) groups is 1. The van der Waals surface area contributed by atoms with Crippen LogP contribution in [-0.2, 0) is 14.9 Å². The fraction of sp³-hybridized carbons (Fsp3) is 0.400. The van der Waals surface area contributed by atoms with Gasteiger partial charge in [-0.05, 0) is 31.5 Å². The molecule has 1 atom stereocenters.